The number of benzene rings is 5. The Labute approximate surface area is 281 Å². The zero-order valence-electron chi connectivity index (χ0n) is 26.9. The molecule has 0 atom stereocenters. The van der Waals surface area contributed by atoms with Crippen molar-refractivity contribution in [2.75, 3.05) is 13.1 Å². The molecule has 3 heterocycles. The van der Waals surface area contributed by atoms with E-state index in [0.717, 1.165) is 44.0 Å². The van der Waals surface area contributed by atoms with Gasteiger partial charge in [0, 0.05) is 18.5 Å². The molecule has 8 heteroatoms. The van der Waals surface area contributed by atoms with Crippen LogP contribution in [0.1, 0.15) is 77.5 Å². The highest BCUT2D eigenvalue weighted by molar-refractivity contribution is 6.22. The van der Waals surface area contributed by atoms with Crippen LogP contribution in [0.5, 0.6) is 0 Å². The number of carbonyl (C=O) groups is 4. The Morgan fingerprint density at radius 3 is 1.51 bits per heavy atom. The number of nitrogens with zero attached hydrogens (tertiary/aromatic N) is 2. The van der Waals surface area contributed by atoms with E-state index in [1.165, 1.54) is 9.80 Å². The van der Waals surface area contributed by atoms with Crippen LogP contribution in [0.15, 0.2) is 106 Å². The number of carbonyl (C=O) groups excluding carboxylic acids is 4. The summed E-state index contributed by atoms with van der Waals surface area (Å²) < 4.78 is 5.81. The van der Waals surface area contributed by atoms with E-state index in [-0.39, 0.29) is 23.6 Å². The van der Waals surface area contributed by atoms with Crippen LogP contribution in [-0.2, 0) is 12.8 Å². The third kappa shape index (κ3) is 5.04. The van der Waals surface area contributed by atoms with Gasteiger partial charge in [0.2, 0.25) is 0 Å². The lowest BCUT2D eigenvalue weighted by Gasteiger charge is -2.09. The van der Waals surface area contributed by atoms with E-state index in [9.17, 15) is 24.0 Å². The van der Waals surface area contributed by atoms with Crippen molar-refractivity contribution in [2.45, 2.75) is 26.7 Å². The van der Waals surface area contributed by atoms with E-state index >= 15 is 0 Å². The molecule has 0 spiro atoms. The summed E-state index contributed by atoms with van der Waals surface area (Å²) >= 11 is 0. The van der Waals surface area contributed by atoms with Crippen LogP contribution in [-0.4, -0.2) is 46.5 Å². The Morgan fingerprint density at radius 2 is 0.918 bits per heavy atom. The molecule has 0 fully saturated rings. The fraction of sp³-hybridized carbons (Fsp3) is 0.146. The van der Waals surface area contributed by atoms with Crippen LogP contribution in [0.3, 0.4) is 0 Å². The molecule has 0 N–H and O–H groups in total. The predicted molar refractivity (Wildman–Crippen MR) is 186 cm³/mol. The minimum Gasteiger partial charge on any atom is -0.422 e. The molecule has 5 aromatic carbocycles. The third-order valence-electron chi connectivity index (χ3n) is 9.54. The van der Waals surface area contributed by atoms with Crippen LogP contribution < -0.4 is 5.63 Å². The number of amides is 4. The number of hydrogen-bond donors (Lipinski definition) is 0. The van der Waals surface area contributed by atoms with Crippen molar-refractivity contribution >= 4 is 45.4 Å². The van der Waals surface area contributed by atoms with Gasteiger partial charge in [-0.1, -0.05) is 54.6 Å². The Bertz CT molecular complexity index is 2490. The highest BCUT2D eigenvalue weighted by atomic mass is 16.4. The zero-order chi connectivity index (χ0) is 34.0. The number of hydrogen-bond acceptors (Lipinski definition) is 6. The van der Waals surface area contributed by atoms with Gasteiger partial charge in [0.05, 0.1) is 27.8 Å². The first-order valence-electron chi connectivity index (χ1n) is 16.3. The molecular weight excluding hydrogens is 616 g/mol. The number of fused-ring (bicyclic) bond motifs is 4. The Morgan fingerprint density at radius 1 is 0.449 bits per heavy atom. The second-order valence-corrected chi connectivity index (χ2v) is 12.5. The second-order valence-electron chi connectivity index (χ2n) is 12.5. The van der Waals surface area contributed by atoms with Crippen LogP contribution >= 0.6 is 0 Å². The van der Waals surface area contributed by atoms with Crippen molar-refractivity contribution in [3.05, 3.63) is 152 Å². The van der Waals surface area contributed by atoms with Crippen molar-refractivity contribution in [2.24, 2.45) is 0 Å². The van der Waals surface area contributed by atoms with E-state index in [1.807, 2.05) is 72.8 Å². The minimum absolute atomic E-state index is 0.241. The van der Waals surface area contributed by atoms with Crippen molar-refractivity contribution in [1.82, 2.24) is 9.80 Å². The summed E-state index contributed by atoms with van der Waals surface area (Å²) in [7, 11) is 0. The number of imide groups is 2. The van der Waals surface area contributed by atoms with Gasteiger partial charge in [-0.3, -0.25) is 29.0 Å². The van der Waals surface area contributed by atoms with E-state index in [1.54, 1.807) is 32.0 Å². The summed E-state index contributed by atoms with van der Waals surface area (Å²) in [6.07, 6.45) is 1.12. The third-order valence-corrected chi connectivity index (χ3v) is 9.54. The molecule has 0 bridgehead atoms. The predicted octanol–water partition coefficient (Wildman–Crippen LogP) is 7.03. The summed E-state index contributed by atoms with van der Waals surface area (Å²) in [6.45, 7) is 4.25. The average Bonchev–Trinajstić information content (AvgIpc) is 3.49. The maximum atomic E-state index is 13.2. The molecule has 2 aliphatic heterocycles. The van der Waals surface area contributed by atoms with Gasteiger partial charge >= 0.3 is 5.63 Å². The SMILES string of the molecule is CCN1C(=O)c2ccc(Cc3ccc4cc(-c5cc6ccc(Cc7ccc8c(c7)C(=O)N(CC)C8=O)cc6oc5=O)ccc4c3)cc2C1=O. The first-order chi connectivity index (χ1) is 23.7. The Hall–Kier alpha value is -6.15. The molecule has 0 unspecified atom stereocenters. The van der Waals surface area contributed by atoms with Crippen molar-refractivity contribution in [1.29, 1.82) is 0 Å². The lowest BCUT2D eigenvalue weighted by molar-refractivity contribution is 0.0647. The largest absolute Gasteiger partial charge is 0.422 e. The van der Waals surface area contributed by atoms with Crippen molar-refractivity contribution in [3.8, 4) is 11.1 Å². The molecule has 2 aliphatic rings. The normalized spacial score (nSPS) is 14.0. The van der Waals surface area contributed by atoms with E-state index < -0.39 is 5.63 Å². The van der Waals surface area contributed by atoms with E-state index in [4.69, 9.17) is 4.42 Å². The topological polar surface area (TPSA) is 105 Å². The van der Waals surface area contributed by atoms with Gasteiger partial charge in [-0.2, -0.15) is 0 Å². The van der Waals surface area contributed by atoms with E-state index in [2.05, 4.69) is 6.07 Å². The smallest absolute Gasteiger partial charge is 0.344 e. The molecule has 0 radical (unpaired) electrons. The van der Waals surface area contributed by atoms with E-state index in [0.29, 0.717) is 59.3 Å². The van der Waals surface area contributed by atoms with Gasteiger partial charge in [-0.05, 0) is 108 Å². The summed E-state index contributed by atoms with van der Waals surface area (Å²) in [5, 5.41) is 2.78. The molecule has 8 rings (SSSR count). The second kappa shape index (κ2) is 11.5. The van der Waals surface area contributed by atoms with Crippen molar-refractivity contribution < 1.29 is 23.6 Å². The van der Waals surface area contributed by atoms with Crippen LogP contribution in [0.4, 0.5) is 0 Å². The van der Waals surface area contributed by atoms with Crippen LogP contribution in [0.25, 0.3) is 32.9 Å². The molecule has 0 saturated carbocycles. The molecule has 8 nitrogen and oxygen atoms in total. The monoisotopic (exact) mass is 646 g/mol. The maximum Gasteiger partial charge on any atom is 0.344 e. The van der Waals surface area contributed by atoms with Gasteiger partial charge in [0.1, 0.15) is 5.58 Å². The minimum atomic E-state index is -0.437. The molecule has 6 aromatic rings. The van der Waals surface area contributed by atoms with Crippen LogP contribution in [0.2, 0.25) is 0 Å². The molecule has 0 aliphatic carbocycles. The summed E-state index contributed by atoms with van der Waals surface area (Å²) in [5.41, 5.74) is 6.83. The quantitative estimate of drug-likeness (QED) is 0.136. The average molecular weight is 647 g/mol. The number of rotatable bonds is 7. The van der Waals surface area contributed by atoms with Gasteiger partial charge in [-0.15, -0.1) is 0 Å². The molecule has 1 aromatic heterocycles. The molecule has 49 heavy (non-hydrogen) atoms. The highest BCUT2D eigenvalue weighted by Crippen LogP contribution is 2.30. The maximum absolute atomic E-state index is 13.2. The lowest BCUT2D eigenvalue weighted by atomic mass is 9.96. The van der Waals surface area contributed by atoms with Gasteiger partial charge in [0.15, 0.2) is 0 Å². The summed E-state index contributed by atoms with van der Waals surface area (Å²) in [5.74, 6) is -1.02. The van der Waals surface area contributed by atoms with Crippen molar-refractivity contribution in [3.63, 3.8) is 0 Å². The highest BCUT2D eigenvalue weighted by Gasteiger charge is 2.35. The fourth-order valence-electron chi connectivity index (χ4n) is 6.98. The first kappa shape index (κ1) is 30.2. The molecule has 240 valence electrons. The zero-order valence-corrected chi connectivity index (χ0v) is 26.9. The molecule has 4 amide bonds. The first-order valence-corrected chi connectivity index (χ1v) is 16.3. The lowest BCUT2D eigenvalue weighted by Crippen LogP contribution is -2.29. The van der Waals surface area contributed by atoms with Crippen LogP contribution in [0, 0.1) is 0 Å². The molecular formula is C41H30N2O6. The Kier molecular flexibility index (Phi) is 7.10. The molecule has 0 saturated heterocycles. The van der Waals surface area contributed by atoms with Gasteiger partial charge in [-0.25, -0.2) is 4.79 Å². The summed E-state index contributed by atoms with van der Waals surface area (Å²) in [6, 6.07) is 30.4. The fourth-order valence-corrected chi connectivity index (χ4v) is 6.98. The standard InChI is InChI=1S/C41H30N2O6/c1-3-42-37(44)31-13-7-24(18-34(31)39(42)46)15-23-5-9-28-21-29(12-11-27(28)17-23)33-22-30-10-6-26(20-36(30)49-41(33)48)16-25-8-14-32-35(19-25)40(47)43(4-2)38(32)45/h5-14,17-22H,3-4,15-16H2,1-2H3. The summed E-state index contributed by atoms with van der Waals surface area (Å²) in [4.78, 5) is 66.0. The van der Waals surface area contributed by atoms with Gasteiger partial charge < -0.3 is 4.42 Å². The van der Waals surface area contributed by atoms with Gasteiger partial charge in [0.25, 0.3) is 23.6 Å². The Balaban J connectivity index is 1.02.